The molecular formula is C21H22BrCl2N3O3. The number of ether oxygens (including phenoxy) is 1. The van der Waals surface area contributed by atoms with Gasteiger partial charge in [0, 0.05) is 5.56 Å². The molecule has 0 saturated carbocycles. The van der Waals surface area contributed by atoms with Crippen molar-refractivity contribution >= 4 is 57.2 Å². The van der Waals surface area contributed by atoms with Crippen LogP contribution in [0.5, 0.6) is 5.75 Å². The Bertz CT molecular complexity index is 951. The summed E-state index contributed by atoms with van der Waals surface area (Å²) in [6.07, 6.45) is 1.51. The van der Waals surface area contributed by atoms with Gasteiger partial charge in [-0.2, -0.15) is 5.10 Å². The number of nitrogens with zero attached hydrogens (tertiary/aromatic N) is 1. The Kier molecular flexibility index (Phi) is 9.14. The smallest absolute Gasteiger partial charge is 0.262 e. The standard InChI is InChI=1S/C21H22BrCl2N3O3/c1-4-30-18-8-5-13(9-15(18)22)11-25-27-21(29)19(12(2)3)26-20(28)14-6-7-16(23)17(24)10-14/h5-12,19H,4H2,1-3H3,(H,26,28)(H,27,29)/b25-11+. The first-order valence-corrected chi connectivity index (χ1v) is 10.8. The summed E-state index contributed by atoms with van der Waals surface area (Å²) in [7, 11) is 0. The number of rotatable bonds is 8. The molecule has 2 amide bonds. The van der Waals surface area contributed by atoms with Gasteiger partial charge in [0.2, 0.25) is 0 Å². The third kappa shape index (κ3) is 6.72. The van der Waals surface area contributed by atoms with E-state index in [9.17, 15) is 9.59 Å². The molecular weight excluding hydrogens is 493 g/mol. The van der Waals surface area contributed by atoms with E-state index in [0.29, 0.717) is 17.2 Å². The van der Waals surface area contributed by atoms with E-state index in [1.54, 1.807) is 6.07 Å². The number of hydrazone groups is 1. The SMILES string of the molecule is CCOc1ccc(/C=N/NC(=O)C(NC(=O)c2ccc(Cl)c(Cl)c2)C(C)C)cc1Br. The summed E-state index contributed by atoms with van der Waals surface area (Å²) >= 11 is 15.3. The van der Waals surface area contributed by atoms with Crippen LogP contribution in [0.3, 0.4) is 0 Å². The first-order chi connectivity index (χ1) is 14.2. The average molecular weight is 515 g/mol. The predicted molar refractivity (Wildman–Crippen MR) is 124 cm³/mol. The molecule has 0 aliphatic heterocycles. The van der Waals surface area contributed by atoms with Gasteiger partial charge in [-0.1, -0.05) is 37.0 Å². The molecule has 9 heteroatoms. The molecule has 0 spiro atoms. The van der Waals surface area contributed by atoms with Gasteiger partial charge in [-0.25, -0.2) is 5.43 Å². The van der Waals surface area contributed by atoms with Crippen molar-refractivity contribution in [2.75, 3.05) is 6.61 Å². The molecule has 1 atom stereocenters. The third-order valence-corrected chi connectivity index (χ3v) is 5.42. The molecule has 2 aromatic carbocycles. The number of hydrogen-bond acceptors (Lipinski definition) is 4. The molecule has 160 valence electrons. The van der Waals surface area contributed by atoms with Crippen LogP contribution < -0.4 is 15.5 Å². The molecule has 2 aromatic rings. The van der Waals surface area contributed by atoms with Gasteiger partial charge in [0.1, 0.15) is 11.8 Å². The Morgan fingerprint density at radius 1 is 1.17 bits per heavy atom. The van der Waals surface area contributed by atoms with Gasteiger partial charge in [0.15, 0.2) is 0 Å². The minimum absolute atomic E-state index is 0.161. The van der Waals surface area contributed by atoms with E-state index in [0.717, 1.165) is 15.8 Å². The number of amides is 2. The van der Waals surface area contributed by atoms with Crippen LogP contribution in [-0.4, -0.2) is 30.7 Å². The lowest BCUT2D eigenvalue weighted by molar-refractivity contribution is -0.123. The molecule has 2 N–H and O–H groups in total. The van der Waals surface area contributed by atoms with E-state index in [-0.39, 0.29) is 10.9 Å². The fourth-order valence-electron chi connectivity index (χ4n) is 2.51. The number of nitrogens with one attached hydrogen (secondary N) is 2. The van der Waals surface area contributed by atoms with Crippen LogP contribution in [0.1, 0.15) is 36.7 Å². The fraction of sp³-hybridized carbons (Fsp3) is 0.286. The van der Waals surface area contributed by atoms with Crippen LogP contribution >= 0.6 is 39.1 Å². The summed E-state index contributed by atoms with van der Waals surface area (Å²) < 4.78 is 6.25. The highest BCUT2D eigenvalue weighted by atomic mass is 79.9. The minimum atomic E-state index is -0.781. The molecule has 0 fully saturated rings. The van der Waals surface area contributed by atoms with Crippen molar-refractivity contribution in [3.8, 4) is 5.75 Å². The second-order valence-corrected chi connectivity index (χ2v) is 8.35. The molecule has 30 heavy (non-hydrogen) atoms. The maximum absolute atomic E-state index is 12.6. The highest BCUT2D eigenvalue weighted by molar-refractivity contribution is 9.10. The molecule has 0 saturated heterocycles. The van der Waals surface area contributed by atoms with E-state index in [4.69, 9.17) is 27.9 Å². The lowest BCUT2D eigenvalue weighted by Crippen LogP contribution is -2.48. The van der Waals surface area contributed by atoms with Crippen LogP contribution in [0.15, 0.2) is 46.0 Å². The van der Waals surface area contributed by atoms with Crippen molar-refractivity contribution in [1.82, 2.24) is 10.7 Å². The molecule has 1 unspecified atom stereocenters. The van der Waals surface area contributed by atoms with E-state index in [1.165, 1.54) is 18.3 Å². The van der Waals surface area contributed by atoms with E-state index in [1.807, 2.05) is 39.0 Å². The fourth-order valence-corrected chi connectivity index (χ4v) is 3.32. The van der Waals surface area contributed by atoms with Gasteiger partial charge in [-0.05, 0) is 70.7 Å². The van der Waals surface area contributed by atoms with Gasteiger partial charge in [-0.3, -0.25) is 9.59 Å². The lowest BCUT2D eigenvalue weighted by atomic mass is 10.0. The molecule has 0 radical (unpaired) electrons. The Morgan fingerprint density at radius 2 is 1.90 bits per heavy atom. The maximum atomic E-state index is 12.6. The zero-order valence-corrected chi connectivity index (χ0v) is 19.8. The highest BCUT2D eigenvalue weighted by Crippen LogP contribution is 2.25. The van der Waals surface area contributed by atoms with Crippen LogP contribution in [0, 0.1) is 5.92 Å². The van der Waals surface area contributed by atoms with Crippen LogP contribution in [0.25, 0.3) is 0 Å². The highest BCUT2D eigenvalue weighted by Gasteiger charge is 2.24. The summed E-state index contributed by atoms with van der Waals surface area (Å²) in [5, 5.41) is 7.31. The molecule has 0 aromatic heterocycles. The van der Waals surface area contributed by atoms with Gasteiger partial charge in [0.05, 0.1) is 27.3 Å². The lowest BCUT2D eigenvalue weighted by Gasteiger charge is -2.20. The average Bonchev–Trinajstić information content (AvgIpc) is 2.69. The minimum Gasteiger partial charge on any atom is -0.493 e. The van der Waals surface area contributed by atoms with Crippen LogP contribution in [0.4, 0.5) is 0 Å². The monoisotopic (exact) mass is 513 g/mol. The maximum Gasteiger partial charge on any atom is 0.262 e. The van der Waals surface area contributed by atoms with Gasteiger partial charge < -0.3 is 10.1 Å². The number of hydrogen-bond donors (Lipinski definition) is 2. The second-order valence-electron chi connectivity index (χ2n) is 6.68. The van der Waals surface area contributed by atoms with Crippen molar-refractivity contribution in [2.45, 2.75) is 26.8 Å². The molecule has 6 nitrogen and oxygen atoms in total. The van der Waals surface area contributed by atoms with Crippen molar-refractivity contribution in [1.29, 1.82) is 0 Å². The predicted octanol–water partition coefficient (Wildman–Crippen LogP) is 5.06. The van der Waals surface area contributed by atoms with E-state index in [2.05, 4.69) is 31.8 Å². The van der Waals surface area contributed by atoms with Crippen LogP contribution in [0.2, 0.25) is 10.0 Å². The number of carbonyl (C=O) groups excluding carboxylic acids is 2. The summed E-state index contributed by atoms with van der Waals surface area (Å²) in [5.41, 5.74) is 3.55. The zero-order valence-electron chi connectivity index (χ0n) is 16.7. The largest absolute Gasteiger partial charge is 0.493 e. The number of benzene rings is 2. The molecule has 0 aliphatic carbocycles. The quantitative estimate of drug-likeness (QED) is 0.381. The Hall–Kier alpha value is -2.09. The van der Waals surface area contributed by atoms with Crippen molar-refractivity contribution < 1.29 is 14.3 Å². The Balaban J connectivity index is 2.03. The van der Waals surface area contributed by atoms with E-state index >= 15 is 0 Å². The summed E-state index contributed by atoms with van der Waals surface area (Å²) in [5.74, 6) is -0.295. The normalized spacial score (nSPS) is 12.1. The van der Waals surface area contributed by atoms with Gasteiger partial charge >= 0.3 is 0 Å². The zero-order chi connectivity index (χ0) is 22.3. The van der Waals surface area contributed by atoms with E-state index < -0.39 is 17.9 Å². The molecule has 0 bridgehead atoms. The third-order valence-electron chi connectivity index (χ3n) is 4.06. The summed E-state index contributed by atoms with van der Waals surface area (Å²) in [6.45, 7) is 6.12. The van der Waals surface area contributed by atoms with Crippen LogP contribution in [-0.2, 0) is 4.79 Å². The molecule has 0 heterocycles. The second kappa shape index (κ2) is 11.3. The number of halogens is 3. The first kappa shape index (κ1) is 24.2. The Morgan fingerprint density at radius 3 is 2.50 bits per heavy atom. The van der Waals surface area contributed by atoms with Crippen molar-refractivity contribution in [2.24, 2.45) is 11.0 Å². The topological polar surface area (TPSA) is 79.8 Å². The summed E-state index contributed by atoms with van der Waals surface area (Å²) in [4.78, 5) is 25.1. The summed E-state index contributed by atoms with van der Waals surface area (Å²) in [6, 6.07) is 9.20. The van der Waals surface area contributed by atoms with Gasteiger partial charge in [-0.15, -0.1) is 0 Å². The first-order valence-electron chi connectivity index (χ1n) is 9.24. The molecule has 0 aliphatic rings. The number of carbonyl (C=O) groups is 2. The molecule has 2 rings (SSSR count). The van der Waals surface area contributed by atoms with Gasteiger partial charge in [0.25, 0.3) is 11.8 Å². The van der Waals surface area contributed by atoms with Crippen molar-refractivity contribution in [3.05, 3.63) is 62.0 Å². The Labute approximate surface area is 194 Å². The van der Waals surface area contributed by atoms with Crippen molar-refractivity contribution in [3.63, 3.8) is 0 Å².